The Morgan fingerprint density at radius 1 is 0.704 bits per heavy atom. The Bertz CT molecular complexity index is 894. The van der Waals surface area contributed by atoms with Gasteiger partial charge in [0.05, 0.1) is 25.6 Å². The summed E-state index contributed by atoms with van der Waals surface area (Å²) >= 11 is 3.46. The molecule has 0 spiro atoms. The van der Waals surface area contributed by atoms with Crippen molar-refractivity contribution in [3.8, 4) is 11.5 Å². The van der Waals surface area contributed by atoms with E-state index in [2.05, 4.69) is 22.5 Å². The summed E-state index contributed by atoms with van der Waals surface area (Å²) in [6.45, 7) is 4.16. The van der Waals surface area contributed by atoms with E-state index in [4.69, 9.17) is 14.5 Å². The molecule has 0 fully saturated rings. The third kappa shape index (κ3) is 4.66. The van der Waals surface area contributed by atoms with Crippen LogP contribution < -0.4 is 9.47 Å². The molecule has 4 heteroatoms. The molecule has 0 saturated heterocycles. The molecule has 3 nitrogen and oxygen atoms in total. The van der Waals surface area contributed by atoms with Gasteiger partial charge in [-0.25, -0.2) is 4.99 Å². The molecule has 3 aromatic carbocycles. The molecule has 0 radical (unpaired) electrons. The maximum Gasteiger partial charge on any atom is 0.118 e. The number of ether oxygens (including phenoxy) is 2. The van der Waals surface area contributed by atoms with Crippen LogP contribution in [0, 0.1) is 0 Å². The zero-order valence-corrected chi connectivity index (χ0v) is 16.9. The first kappa shape index (κ1) is 18.9. The van der Waals surface area contributed by atoms with E-state index in [1.54, 1.807) is 14.2 Å². The fourth-order valence-corrected chi connectivity index (χ4v) is 2.90. The zero-order chi connectivity index (χ0) is 19.2. The topological polar surface area (TPSA) is 30.8 Å². The monoisotopic (exact) mass is 421 g/mol. The van der Waals surface area contributed by atoms with Crippen LogP contribution in [-0.2, 0) is 0 Å². The van der Waals surface area contributed by atoms with Gasteiger partial charge in [-0.1, -0.05) is 34.6 Å². The average Bonchev–Trinajstić information content (AvgIpc) is 2.72. The highest BCUT2D eigenvalue weighted by molar-refractivity contribution is 9.10. The lowest BCUT2D eigenvalue weighted by molar-refractivity contribution is 0.414. The minimum absolute atomic E-state index is 0.698. The Morgan fingerprint density at radius 3 is 1.52 bits per heavy atom. The molecule has 0 bridgehead atoms. The van der Waals surface area contributed by atoms with Gasteiger partial charge in [0.1, 0.15) is 11.5 Å². The summed E-state index contributed by atoms with van der Waals surface area (Å²) in [5, 5.41) is 0. The highest BCUT2D eigenvalue weighted by atomic mass is 79.9. The largest absolute Gasteiger partial charge is 0.497 e. The predicted octanol–water partition coefficient (Wildman–Crippen LogP) is 5.97. The average molecular weight is 422 g/mol. The van der Waals surface area contributed by atoms with E-state index >= 15 is 0 Å². The third-order valence-corrected chi connectivity index (χ3v) is 4.68. The molecule has 0 aromatic heterocycles. The van der Waals surface area contributed by atoms with Crippen LogP contribution in [0.4, 0.5) is 0 Å². The molecule has 3 rings (SSSR count). The fourth-order valence-electron chi connectivity index (χ4n) is 2.64. The number of aliphatic imine (C=N–C) groups is 1. The highest BCUT2D eigenvalue weighted by Crippen LogP contribution is 2.23. The van der Waals surface area contributed by atoms with Crippen molar-refractivity contribution in [2.45, 2.75) is 0 Å². The summed E-state index contributed by atoms with van der Waals surface area (Å²) in [6.07, 6.45) is 0. The molecule has 0 aliphatic heterocycles. The SMILES string of the molecule is C=C(N=C(c1ccc(OC)cc1)c1ccc(OC)cc1)c1ccc(Br)cc1. The van der Waals surface area contributed by atoms with Gasteiger partial charge < -0.3 is 9.47 Å². The lowest BCUT2D eigenvalue weighted by atomic mass is 10.0. The summed E-state index contributed by atoms with van der Waals surface area (Å²) in [4.78, 5) is 4.85. The molecular weight excluding hydrogens is 402 g/mol. The van der Waals surface area contributed by atoms with Gasteiger partial charge in [-0.05, 0) is 66.2 Å². The van der Waals surface area contributed by atoms with Crippen LogP contribution in [-0.4, -0.2) is 19.9 Å². The van der Waals surface area contributed by atoms with Crippen molar-refractivity contribution >= 4 is 27.3 Å². The second-order valence-corrected chi connectivity index (χ2v) is 6.79. The number of hydrogen-bond acceptors (Lipinski definition) is 3. The molecule has 0 heterocycles. The molecule has 27 heavy (non-hydrogen) atoms. The Balaban J connectivity index is 2.04. The first-order valence-electron chi connectivity index (χ1n) is 8.43. The first-order valence-corrected chi connectivity index (χ1v) is 9.22. The number of halogens is 1. The van der Waals surface area contributed by atoms with Gasteiger partial charge in [0.15, 0.2) is 0 Å². The number of methoxy groups -OCH3 is 2. The second-order valence-electron chi connectivity index (χ2n) is 5.87. The van der Waals surface area contributed by atoms with Crippen molar-refractivity contribution in [3.05, 3.63) is 101 Å². The van der Waals surface area contributed by atoms with Gasteiger partial charge in [-0.2, -0.15) is 0 Å². The van der Waals surface area contributed by atoms with E-state index in [0.717, 1.165) is 38.4 Å². The molecule has 0 saturated carbocycles. The van der Waals surface area contributed by atoms with E-state index in [1.807, 2.05) is 72.8 Å². The predicted molar refractivity (Wildman–Crippen MR) is 115 cm³/mol. The molecule has 0 N–H and O–H groups in total. The molecule has 0 aliphatic rings. The maximum atomic E-state index is 5.27. The summed E-state index contributed by atoms with van der Waals surface area (Å²) in [5.74, 6) is 1.61. The third-order valence-electron chi connectivity index (χ3n) is 4.15. The molecule has 0 amide bonds. The van der Waals surface area contributed by atoms with Crippen molar-refractivity contribution in [1.29, 1.82) is 0 Å². The van der Waals surface area contributed by atoms with Gasteiger partial charge >= 0.3 is 0 Å². The highest BCUT2D eigenvalue weighted by Gasteiger charge is 2.10. The van der Waals surface area contributed by atoms with Crippen molar-refractivity contribution < 1.29 is 9.47 Å². The fraction of sp³-hybridized carbons (Fsp3) is 0.0870. The van der Waals surface area contributed by atoms with E-state index in [9.17, 15) is 0 Å². The number of hydrogen-bond donors (Lipinski definition) is 0. The van der Waals surface area contributed by atoms with Crippen LogP contribution in [0.5, 0.6) is 11.5 Å². The van der Waals surface area contributed by atoms with Crippen molar-refractivity contribution in [2.24, 2.45) is 4.99 Å². The molecule has 0 aliphatic carbocycles. The Morgan fingerprint density at radius 2 is 1.11 bits per heavy atom. The number of rotatable bonds is 6. The minimum atomic E-state index is 0.698. The van der Waals surface area contributed by atoms with Crippen molar-refractivity contribution in [3.63, 3.8) is 0 Å². The smallest absolute Gasteiger partial charge is 0.118 e. The number of nitrogens with zero attached hydrogens (tertiary/aromatic N) is 1. The van der Waals surface area contributed by atoms with E-state index in [1.165, 1.54) is 0 Å². The minimum Gasteiger partial charge on any atom is -0.497 e. The van der Waals surface area contributed by atoms with E-state index in [-0.39, 0.29) is 0 Å². The molecule has 136 valence electrons. The second kappa shape index (κ2) is 8.69. The summed E-state index contributed by atoms with van der Waals surface area (Å²) < 4.78 is 11.6. The van der Waals surface area contributed by atoms with Gasteiger partial charge in [-0.3, -0.25) is 0 Å². The summed E-state index contributed by atoms with van der Waals surface area (Å²) in [5.41, 5.74) is 4.48. The van der Waals surface area contributed by atoms with Crippen LogP contribution in [0.25, 0.3) is 5.70 Å². The van der Waals surface area contributed by atoms with Crippen LogP contribution in [0.3, 0.4) is 0 Å². The van der Waals surface area contributed by atoms with Gasteiger partial charge in [-0.15, -0.1) is 0 Å². The Hall–Kier alpha value is -2.85. The molecule has 0 unspecified atom stereocenters. The van der Waals surface area contributed by atoms with Gasteiger partial charge in [0.25, 0.3) is 0 Å². The molecule has 0 atom stereocenters. The van der Waals surface area contributed by atoms with Crippen molar-refractivity contribution in [2.75, 3.05) is 14.2 Å². The van der Waals surface area contributed by atoms with E-state index in [0.29, 0.717) is 5.70 Å². The molecule has 3 aromatic rings. The standard InChI is InChI=1S/C23H20BrNO2/c1-16(17-4-10-20(24)11-5-17)25-23(18-6-12-21(26-2)13-7-18)19-8-14-22(27-3)15-9-19/h4-15H,1H2,2-3H3. The first-order chi connectivity index (χ1) is 13.1. The summed E-state index contributed by atoms with van der Waals surface area (Å²) in [7, 11) is 3.31. The van der Waals surface area contributed by atoms with Crippen molar-refractivity contribution in [1.82, 2.24) is 0 Å². The van der Waals surface area contributed by atoms with Crippen LogP contribution in [0.15, 0.2) is 88.8 Å². The normalized spacial score (nSPS) is 10.2. The quantitative estimate of drug-likeness (QED) is 0.458. The summed E-state index contributed by atoms with van der Waals surface area (Å²) in [6, 6.07) is 23.7. The Labute approximate surface area is 168 Å². The maximum absolute atomic E-state index is 5.27. The zero-order valence-electron chi connectivity index (χ0n) is 15.3. The Kier molecular flexibility index (Phi) is 6.09. The molecular formula is C23H20BrNO2. The lowest BCUT2D eigenvalue weighted by Crippen LogP contribution is -2.04. The van der Waals surface area contributed by atoms with Crippen LogP contribution >= 0.6 is 15.9 Å². The van der Waals surface area contributed by atoms with Crippen LogP contribution in [0.1, 0.15) is 16.7 Å². The lowest BCUT2D eigenvalue weighted by Gasteiger charge is -2.11. The number of benzene rings is 3. The van der Waals surface area contributed by atoms with E-state index < -0.39 is 0 Å². The van der Waals surface area contributed by atoms with Crippen LogP contribution in [0.2, 0.25) is 0 Å². The van der Waals surface area contributed by atoms with Gasteiger partial charge in [0, 0.05) is 15.6 Å². The van der Waals surface area contributed by atoms with Gasteiger partial charge in [0.2, 0.25) is 0 Å².